The lowest BCUT2D eigenvalue weighted by Crippen LogP contribution is -2.63. The fourth-order valence-corrected chi connectivity index (χ4v) is 6.38. The van der Waals surface area contributed by atoms with Crippen LogP contribution in [0.5, 0.6) is 0 Å². The first-order chi connectivity index (χ1) is 16.7. The maximum atomic E-state index is 10.1. The van der Waals surface area contributed by atoms with E-state index in [0.717, 1.165) is 59.4 Å². The number of nitrogens with one attached hydrogen (secondary N) is 1. The van der Waals surface area contributed by atoms with Crippen molar-refractivity contribution < 1.29 is 5.11 Å². The highest BCUT2D eigenvalue weighted by Crippen LogP contribution is 2.40. The van der Waals surface area contributed by atoms with E-state index in [-0.39, 0.29) is 0 Å². The van der Waals surface area contributed by atoms with Crippen molar-refractivity contribution in [3.8, 4) is 11.3 Å². The van der Waals surface area contributed by atoms with E-state index in [1.807, 2.05) is 11.4 Å². The molecule has 0 unspecified atom stereocenters. The van der Waals surface area contributed by atoms with E-state index in [1.54, 1.807) is 6.33 Å². The summed E-state index contributed by atoms with van der Waals surface area (Å²) in [6, 6.07) is 5.06. The van der Waals surface area contributed by atoms with Crippen LogP contribution in [0.1, 0.15) is 80.7 Å². The van der Waals surface area contributed by atoms with E-state index in [4.69, 9.17) is 4.98 Å². The monoisotopic (exact) mass is 472 g/mol. The lowest BCUT2D eigenvalue weighted by Gasteiger charge is -2.50. The highest BCUT2D eigenvalue weighted by atomic mass is 16.3. The number of β-amino-alcohol motifs (C(OH)–C–C–N with tert-alkyl or cyclic N) is 1. The molecule has 2 N–H and O–H groups in total. The smallest absolute Gasteiger partial charge is 0.158 e. The Morgan fingerprint density at radius 3 is 2.51 bits per heavy atom. The summed E-state index contributed by atoms with van der Waals surface area (Å²) in [6.07, 6.45) is 8.41. The van der Waals surface area contributed by atoms with E-state index in [1.165, 1.54) is 29.7 Å². The van der Waals surface area contributed by atoms with E-state index in [9.17, 15) is 5.11 Å². The van der Waals surface area contributed by atoms with Crippen LogP contribution < -0.4 is 0 Å². The maximum absolute atomic E-state index is 10.1. The third kappa shape index (κ3) is 3.76. The zero-order valence-corrected chi connectivity index (χ0v) is 21.5. The average Bonchev–Trinajstić information content (AvgIpc) is 3.44. The minimum Gasteiger partial charge on any atom is -0.388 e. The van der Waals surface area contributed by atoms with Crippen molar-refractivity contribution in [3.63, 3.8) is 0 Å². The van der Waals surface area contributed by atoms with Crippen LogP contribution >= 0.6 is 0 Å². The second kappa shape index (κ2) is 8.14. The fourth-order valence-electron chi connectivity index (χ4n) is 6.38. The number of pyridine rings is 2. The Kier molecular flexibility index (Phi) is 5.27. The first-order valence-electron chi connectivity index (χ1n) is 13.0. The van der Waals surface area contributed by atoms with Gasteiger partial charge >= 0.3 is 0 Å². The molecule has 2 fully saturated rings. The number of hydrogen-bond acceptors (Lipinski definition) is 5. The van der Waals surface area contributed by atoms with Crippen LogP contribution in [-0.2, 0) is 0 Å². The number of fused-ring (bicyclic) bond motifs is 2. The van der Waals surface area contributed by atoms with E-state index < -0.39 is 5.60 Å². The van der Waals surface area contributed by atoms with Crippen molar-refractivity contribution in [2.24, 2.45) is 0 Å². The number of nitrogens with zero attached hydrogens (tertiary/aromatic N) is 5. The number of H-pyrrole nitrogens is 1. The van der Waals surface area contributed by atoms with Crippen LogP contribution in [0.4, 0.5) is 0 Å². The van der Waals surface area contributed by atoms with Crippen molar-refractivity contribution in [2.75, 3.05) is 13.1 Å². The van der Waals surface area contributed by atoms with Gasteiger partial charge in [-0.15, -0.1) is 0 Å². The van der Waals surface area contributed by atoms with Gasteiger partial charge in [0.2, 0.25) is 0 Å². The van der Waals surface area contributed by atoms with Crippen LogP contribution in [0.15, 0.2) is 24.7 Å². The van der Waals surface area contributed by atoms with Gasteiger partial charge in [-0.2, -0.15) is 5.10 Å². The summed E-state index contributed by atoms with van der Waals surface area (Å²) in [5.41, 5.74) is 9.80. The summed E-state index contributed by atoms with van der Waals surface area (Å²) in [6.45, 7) is 12.4. The molecular weight excluding hydrogens is 436 g/mol. The summed E-state index contributed by atoms with van der Waals surface area (Å²) < 4.78 is 1.88. The molecule has 0 amide bonds. The normalized spacial score (nSPS) is 22.8. The number of aliphatic hydroxyl groups is 1. The van der Waals surface area contributed by atoms with Gasteiger partial charge < -0.3 is 10.1 Å². The number of aromatic nitrogens is 5. The molecule has 0 spiro atoms. The Morgan fingerprint density at radius 2 is 1.83 bits per heavy atom. The van der Waals surface area contributed by atoms with Gasteiger partial charge in [0.05, 0.1) is 22.3 Å². The number of aryl methyl sites for hydroxylation is 1. The second-order valence-electron chi connectivity index (χ2n) is 11.4. The van der Waals surface area contributed by atoms with Crippen molar-refractivity contribution in [2.45, 2.75) is 83.8 Å². The zero-order valence-electron chi connectivity index (χ0n) is 21.5. The molecule has 35 heavy (non-hydrogen) atoms. The van der Waals surface area contributed by atoms with Crippen molar-refractivity contribution in [3.05, 3.63) is 47.0 Å². The molecule has 1 aliphatic carbocycles. The molecule has 7 heteroatoms. The Morgan fingerprint density at radius 1 is 1.09 bits per heavy atom. The van der Waals surface area contributed by atoms with Crippen molar-refractivity contribution >= 4 is 16.7 Å². The van der Waals surface area contributed by atoms with Gasteiger partial charge in [0.25, 0.3) is 0 Å². The van der Waals surface area contributed by atoms with Crippen LogP contribution in [0.25, 0.3) is 27.9 Å². The third-order valence-electron chi connectivity index (χ3n) is 8.39. The van der Waals surface area contributed by atoms with Crippen LogP contribution in [-0.4, -0.2) is 59.3 Å². The first kappa shape index (κ1) is 22.7. The predicted molar refractivity (Wildman–Crippen MR) is 139 cm³/mol. The number of rotatable bonds is 4. The van der Waals surface area contributed by atoms with Gasteiger partial charge in [-0.1, -0.05) is 13.8 Å². The standard InChI is InChI=1S/C28H36N6O/c1-16(2)24-25(21-12-34-27(29-15-30-34)18(4)17(21)3)32-23-11-10-22(31-26(23)24)19-6-8-20(9-7-19)33-13-28(5,35)14-33/h10-12,15-16,19-20,32,35H,6-9,13-14H2,1-5H3. The van der Waals surface area contributed by atoms with Crippen LogP contribution in [0.2, 0.25) is 0 Å². The first-order valence-corrected chi connectivity index (χ1v) is 13.0. The molecule has 0 atom stereocenters. The number of likely N-dealkylation sites (tertiary alicyclic amines) is 1. The average molecular weight is 473 g/mol. The van der Waals surface area contributed by atoms with E-state index in [0.29, 0.717) is 17.9 Å². The Bertz CT molecular complexity index is 1400. The minimum atomic E-state index is -0.488. The second-order valence-corrected chi connectivity index (χ2v) is 11.4. The molecule has 5 heterocycles. The third-order valence-corrected chi connectivity index (χ3v) is 8.39. The molecule has 0 radical (unpaired) electrons. The Labute approximate surface area is 206 Å². The number of aromatic amines is 1. The largest absolute Gasteiger partial charge is 0.388 e. The molecule has 0 bridgehead atoms. The van der Waals surface area contributed by atoms with Gasteiger partial charge in [0.15, 0.2) is 5.65 Å². The van der Waals surface area contributed by atoms with Gasteiger partial charge in [-0.25, -0.2) is 9.50 Å². The molecule has 0 aromatic carbocycles. The zero-order chi connectivity index (χ0) is 24.5. The van der Waals surface area contributed by atoms with Gasteiger partial charge in [0.1, 0.15) is 6.33 Å². The maximum Gasteiger partial charge on any atom is 0.158 e. The topological polar surface area (TPSA) is 82.3 Å². The quantitative estimate of drug-likeness (QED) is 0.432. The molecule has 184 valence electrons. The Balaban J connectivity index is 1.33. The summed E-state index contributed by atoms with van der Waals surface area (Å²) >= 11 is 0. The van der Waals surface area contributed by atoms with Gasteiger partial charge in [-0.3, -0.25) is 9.88 Å². The van der Waals surface area contributed by atoms with Crippen molar-refractivity contribution in [1.29, 1.82) is 0 Å². The molecule has 4 aromatic heterocycles. The number of hydrogen-bond donors (Lipinski definition) is 2. The Hall–Kier alpha value is -2.77. The lowest BCUT2D eigenvalue weighted by atomic mass is 9.81. The molecule has 1 saturated carbocycles. The van der Waals surface area contributed by atoms with E-state index >= 15 is 0 Å². The molecule has 1 saturated heterocycles. The summed E-state index contributed by atoms with van der Waals surface area (Å²) in [4.78, 5) is 15.9. The summed E-state index contributed by atoms with van der Waals surface area (Å²) in [5.74, 6) is 0.842. The van der Waals surface area contributed by atoms with E-state index in [2.05, 4.69) is 66.0 Å². The highest BCUT2D eigenvalue weighted by Gasteiger charge is 2.41. The molecule has 7 nitrogen and oxygen atoms in total. The molecular formula is C28H36N6O. The highest BCUT2D eigenvalue weighted by molar-refractivity contribution is 5.89. The summed E-state index contributed by atoms with van der Waals surface area (Å²) in [5, 5.41) is 14.5. The summed E-state index contributed by atoms with van der Waals surface area (Å²) in [7, 11) is 0. The lowest BCUT2D eigenvalue weighted by molar-refractivity contribution is -0.107. The fraction of sp³-hybridized carbons (Fsp3) is 0.536. The van der Waals surface area contributed by atoms with Crippen LogP contribution in [0.3, 0.4) is 0 Å². The SMILES string of the molecule is Cc1c(-c2[nH]c3ccc(C4CCC(N5CC(C)(O)C5)CC4)nc3c2C(C)C)cn2ncnc2c1C. The minimum absolute atomic E-state index is 0.336. The molecule has 1 aliphatic heterocycles. The van der Waals surface area contributed by atoms with Gasteiger partial charge in [0, 0.05) is 48.1 Å². The molecule has 6 rings (SSSR count). The molecule has 4 aromatic rings. The molecule has 2 aliphatic rings. The van der Waals surface area contributed by atoms with Crippen LogP contribution in [0, 0.1) is 13.8 Å². The van der Waals surface area contributed by atoms with Crippen molar-refractivity contribution in [1.82, 2.24) is 29.5 Å². The van der Waals surface area contributed by atoms with Gasteiger partial charge in [-0.05, 0) is 75.6 Å². The predicted octanol–water partition coefficient (Wildman–Crippen LogP) is 5.11.